The average molecular weight is 338 g/mol. The van der Waals surface area contributed by atoms with Gasteiger partial charge < -0.3 is 0 Å². The van der Waals surface area contributed by atoms with Crippen molar-refractivity contribution in [3.05, 3.63) is 28.8 Å². The summed E-state index contributed by atoms with van der Waals surface area (Å²) in [5.41, 5.74) is -0.130. The molecule has 1 N–H and O–H groups in total. The topological polar surface area (TPSA) is 80.3 Å². The van der Waals surface area contributed by atoms with Gasteiger partial charge in [0.25, 0.3) is 0 Å². The van der Waals surface area contributed by atoms with Crippen LogP contribution in [-0.4, -0.2) is 33.9 Å². The Morgan fingerprint density at radius 1 is 1.35 bits per heavy atom. The van der Waals surface area contributed by atoms with E-state index in [1.165, 1.54) is 6.07 Å². The summed E-state index contributed by atoms with van der Waals surface area (Å²) in [7, 11) is -7.03. The summed E-state index contributed by atoms with van der Waals surface area (Å²) in [6.07, 6.45) is 0.262. The third kappa shape index (κ3) is 3.33. The summed E-state index contributed by atoms with van der Waals surface area (Å²) in [6.45, 7) is 3.40. The lowest BCUT2D eigenvalue weighted by Crippen LogP contribution is -2.46. The first-order valence-electron chi connectivity index (χ1n) is 6.04. The van der Waals surface area contributed by atoms with Gasteiger partial charge in [-0.3, -0.25) is 0 Å². The molecular weight excluding hydrogens is 322 g/mol. The van der Waals surface area contributed by atoms with Gasteiger partial charge in [-0.05, 0) is 38.0 Å². The first kappa shape index (κ1) is 15.8. The number of hydrogen-bond donors (Lipinski definition) is 1. The Kier molecular flexibility index (Phi) is 3.92. The highest BCUT2D eigenvalue weighted by molar-refractivity contribution is 7.92. The standard InChI is InChI=1S/C12H16ClNO4S2/c1-9-3-4-11(10(13)7-9)20(17,18)14-12(2)5-6-19(15,16)8-12/h3-4,7,14H,5-6,8H2,1-2H3/t12-/m0/s1. The Morgan fingerprint density at radius 2 is 2.00 bits per heavy atom. The molecule has 8 heteroatoms. The number of sulfone groups is 1. The number of aryl methyl sites for hydroxylation is 1. The molecule has 5 nitrogen and oxygen atoms in total. The quantitative estimate of drug-likeness (QED) is 0.906. The van der Waals surface area contributed by atoms with Crippen LogP contribution in [0.1, 0.15) is 18.9 Å². The molecule has 1 aromatic carbocycles. The van der Waals surface area contributed by atoms with Crippen molar-refractivity contribution in [2.75, 3.05) is 11.5 Å². The van der Waals surface area contributed by atoms with E-state index >= 15 is 0 Å². The largest absolute Gasteiger partial charge is 0.242 e. The minimum absolute atomic E-state index is 0.00630. The second kappa shape index (κ2) is 4.98. The van der Waals surface area contributed by atoms with Crippen molar-refractivity contribution in [2.24, 2.45) is 0 Å². The average Bonchev–Trinajstić information content (AvgIpc) is 2.50. The van der Waals surface area contributed by atoms with E-state index in [0.717, 1.165) is 5.56 Å². The molecule has 1 aromatic rings. The highest BCUT2D eigenvalue weighted by Gasteiger charge is 2.41. The molecule has 0 aromatic heterocycles. The predicted molar refractivity (Wildman–Crippen MR) is 78.2 cm³/mol. The minimum atomic E-state index is -3.85. The normalized spacial score (nSPS) is 25.8. The van der Waals surface area contributed by atoms with Crippen molar-refractivity contribution in [1.82, 2.24) is 4.72 Å². The van der Waals surface area contributed by atoms with Crippen LogP contribution in [-0.2, 0) is 19.9 Å². The van der Waals surface area contributed by atoms with E-state index in [-0.39, 0.29) is 27.8 Å². The fourth-order valence-electron chi connectivity index (χ4n) is 2.29. The molecule has 0 radical (unpaired) electrons. The van der Waals surface area contributed by atoms with E-state index in [4.69, 9.17) is 11.6 Å². The molecule has 112 valence electrons. The Morgan fingerprint density at radius 3 is 2.50 bits per heavy atom. The summed E-state index contributed by atoms with van der Waals surface area (Å²) in [6, 6.07) is 4.63. The molecule has 1 heterocycles. The van der Waals surface area contributed by atoms with Crippen LogP contribution in [0.3, 0.4) is 0 Å². The SMILES string of the molecule is Cc1ccc(S(=O)(=O)N[C@@]2(C)CCS(=O)(=O)C2)c(Cl)c1. The highest BCUT2D eigenvalue weighted by Crippen LogP contribution is 2.28. The smallest absolute Gasteiger partial charge is 0.229 e. The second-order valence-electron chi connectivity index (χ2n) is 5.44. The van der Waals surface area contributed by atoms with Gasteiger partial charge >= 0.3 is 0 Å². The van der Waals surface area contributed by atoms with Gasteiger partial charge in [0.1, 0.15) is 4.90 Å². The van der Waals surface area contributed by atoms with Crippen molar-refractivity contribution in [2.45, 2.75) is 30.7 Å². The van der Waals surface area contributed by atoms with Gasteiger partial charge in [-0.1, -0.05) is 17.7 Å². The molecule has 0 unspecified atom stereocenters. The number of nitrogens with one attached hydrogen (secondary N) is 1. The van der Waals surface area contributed by atoms with Crippen molar-refractivity contribution >= 4 is 31.5 Å². The van der Waals surface area contributed by atoms with Gasteiger partial charge in [0.05, 0.1) is 16.5 Å². The molecule has 0 spiro atoms. The van der Waals surface area contributed by atoms with E-state index in [9.17, 15) is 16.8 Å². The van der Waals surface area contributed by atoms with Crippen LogP contribution < -0.4 is 4.72 Å². The number of hydrogen-bond acceptors (Lipinski definition) is 4. The maximum Gasteiger partial charge on any atom is 0.242 e. The Labute approximate surface area is 124 Å². The van der Waals surface area contributed by atoms with E-state index in [0.29, 0.717) is 0 Å². The summed E-state index contributed by atoms with van der Waals surface area (Å²) in [5, 5.41) is 0.127. The zero-order chi connectivity index (χ0) is 15.2. The van der Waals surface area contributed by atoms with Gasteiger partial charge in [0, 0.05) is 5.54 Å². The van der Waals surface area contributed by atoms with Crippen LogP contribution >= 0.6 is 11.6 Å². The van der Waals surface area contributed by atoms with Crippen molar-refractivity contribution in [3.8, 4) is 0 Å². The maximum atomic E-state index is 12.3. The molecule has 0 aliphatic carbocycles. The predicted octanol–water partition coefficient (Wildman–Crippen LogP) is 1.50. The molecule has 0 bridgehead atoms. The van der Waals surface area contributed by atoms with Gasteiger partial charge in [0.2, 0.25) is 10.0 Å². The first-order valence-corrected chi connectivity index (χ1v) is 9.72. The first-order chi connectivity index (χ1) is 9.03. The van der Waals surface area contributed by atoms with Crippen LogP contribution in [0.4, 0.5) is 0 Å². The van der Waals surface area contributed by atoms with Crippen LogP contribution in [0.2, 0.25) is 5.02 Å². The van der Waals surface area contributed by atoms with E-state index in [1.54, 1.807) is 26.0 Å². The number of benzene rings is 1. The van der Waals surface area contributed by atoms with Gasteiger partial charge in [-0.25, -0.2) is 21.6 Å². The maximum absolute atomic E-state index is 12.3. The molecule has 1 fully saturated rings. The summed E-state index contributed by atoms with van der Waals surface area (Å²) in [5.74, 6) is -0.198. The summed E-state index contributed by atoms with van der Waals surface area (Å²) in [4.78, 5) is -0.0321. The molecule has 0 amide bonds. The van der Waals surface area contributed by atoms with Crippen molar-refractivity contribution < 1.29 is 16.8 Å². The minimum Gasteiger partial charge on any atom is -0.229 e. The molecule has 1 aliphatic heterocycles. The van der Waals surface area contributed by atoms with E-state index < -0.39 is 25.4 Å². The Bertz CT molecular complexity index is 743. The second-order valence-corrected chi connectivity index (χ2v) is 9.68. The highest BCUT2D eigenvalue weighted by atomic mass is 35.5. The Hall–Kier alpha value is -0.630. The number of rotatable bonds is 3. The lowest BCUT2D eigenvalue weighted by molar-refractivity contribution is 0.462. The molecule has 20 heavy (non-hydrogen) atoms. The third-order valence-corrected chi connectivity index (χ3v) is 7.29. The molecule has 1 atom stereocenters. The molecule has 1 aliphatic rings. The molecule has 0 saturated carbocycles. The summed E-state index contributed by atoms with van der Waals surface area (Å²) < 4.78 is 50.2. The van der Waals surface area contributed by atoms with E-state index in [1.807, 2.05) is 0 Å². The van der Waals surface area contributed by atoms with Crippen molar-refractivity contribution in [3.63, 3.8) is 0 Å². The van der Waals surface area contributed by atoms with Gasteiger partial charge in [-0.15, -0.1) is 0 Å². The third-order valence-electron chi connectivity index (χ3n) is 3.26. The lowest BCUT2D eigenvalue weighted by atomic mass is 10.0. The van der Waals surface area contributed by atoms with Crippen LogP contribution in [0.5, 0.6) is 0 Å². The Balaban J connectivity index is 2.33. The zero-order valence-corrected chi connectivity index (χ0v) is 13.6. The van der Waals surface area contributed by atoms with Gasteiger partial charge in [0.15, 0.2) is 9.84 Å². The van der Waals surface area contributed by atoms with Crippen molar-refractivity contribution in [1.29, 1.82) is 0 Å². The van der Waals surface area contributed by atoms with Crippen LogP contribution in [0.15, 0.2) is 23.1 Å². The van der Waals surface area contributed by atoms with Gasteiger partial charge in [-0.2, -0.15) is 0 Å². The van der Waals surface area contributed by atoms with E-state index in [2.05, 4.69) is 4.72 Å². The number of halogens is 1. The van der Waals surface area contributed by atoms with Crippen LogP contribution in [0.25, 0.3) is 0 Å². The molecular formula is C12H16ClNO4S2. The van der Waals surface area contributed by atoms with Crippen LogP contribution in [0, 0.1) is 6.92 Å². The lowest BCUT2D eigenvalue weighted by Gasteiger charge is -2.23. The fourth-order valence-corrected chi connectivity index (χ4v) is 6.51. The molecule has 1 saturated heterocycles. The fraction of sp³-hybridized carbons (Fsp3) is 0.500. The summed E-state index contributed by atoms with van der Waals surface area (Å²) >= 11 is 5.96. The number of sulfonamides is 1. The zero-order valence-electron chi connectivity index (χ0n) is 11.2. The monoisotopic (exact) mass is 337 g/mol. The molecule has 2 rings (SSSR count).